The topological polar surface area (TPSA) is 66.4 Å². The maximum atomic E-state index is 12.8. The zero-order valence-electron chi connectivity index (χ0n) is 14.4. The molecule has 2 N–H and O–H groups in total. The van der Waals surface area contributed by atoms with E-state index in [1.807, 2.05) is 19.1 Å². The fourth-order valence-corrected chi connectivity index (χ4v) is 3.22. The molecule has 4 heteroatoms. The Morgan fingerprint density at radius 1 is 0.920 bits per heavy atom. The smallest absolute Gasteiger partial charge is 0.252 e. The van der Waals surface area contributed by atoms with Crippen molar-refractivity contribution in [3.63, 3.8) is 0 Å². The van der Waals surface area contributed by atoms with Crippen LogP contribution in [-0.2, 0) is 0 Å². The van der Waals surface area contributed by atoms with E-state index in [0.29, 0.717) is 29.5 Å². The van der Waals surface area contributed by atoms with Gasteiger partial charge in [0.25, 0.3) is 5.91 Å². The lowest BCUT2D eigenvalue weighted by Crippen LogP contribution is -2.39. The Hall–Kier alpha value is -2.46. The van der Waals surface area contributed by atoms with Gasteiger partial charge in [0.05, 0.1) is 11.7 Å². The van der Waals surface area contributed by atoms with Gasteiger partial charge in [-0.15, -0.1) is 0 Å². The van der Waals surface area contributed by atoms with Crippen molar-refractivity contribution in [2.45, 2.75) is 44.8 Å². The van der Waals surface area contributed by atoms with Gasteiger partial charge in [0.1, 0.15) is 0 Å². The van der Waals surface area contributed by atoms with Crippen LogP contribution < -0.4 is 5.32 Å². The van der Waals surface area contributed by atoms with Crippen molar-refractivity contribution in [2.75, 3.05) is 0 Å². The molecule has 0 saturated heterocycles. The molecule has 0 heterocycles. The molecule has 0 unspecified atom stereocenters. The van der Waals surface area contributed by atoms with E-state index in [-0.39, 0.29) is 23.8 Å². The second kappa shape index (κ2) is 7.62. The first-order valence-electron chi connectivity index (χ1n) is 8.74. The molecule has 0 spiro atoms. The van der Waals surface area contributed by atoms with Crippen LogP contribution in [0.4, 0.5) is 0 Å². The van der Waals surface area contributed by atoms with Crippen molar-refractivity contribution in [3.05, 3.63) is 70.8 Å². The Bertz CT molecular complexity index is 759. The number of amides is 1. The molecule has 0 bridgehead atoms. The lowest BCUT2D eigenvalue weighted by molar-refractivity contribution is 0.0862. The third kappa shape index (κ3) is 4.15. The first-order valence-corrected chi connectivity index (χ1v) is 8.74. The van der Waals surface area contributed by atoms with Crippen molar-refractivity contribution < 1.29 is 14.7 Å². The highest BCUT2D eigenvalue weighted by Gasteiger charge is 2.23. The Morgan fingerprint density at radius 3 is 2.16 bits per heavy atom. The number of nitrogens with one attached hydrogen (secondary N) is 1. The summed E-state index contributed by atoms with van der Waals surface area (Å²) in [5, 5.41) is 12.6. The van der Waals surface area contributed by atoms with Gasteiger partial charge in [-0.3, -0.25) is 9.59 Å². The molecule has 1 saturated carbocycles. The monoisotopic (exact) mass is 337 g/mol. The summed E-state index contributed by atoms with van der Waals surface area (Å²) < 4.78 is 0. The van der Waals surface area contributed by atoms with Gasteiger partial charge in [-0.25, -0.2) is 0 Å². The highest BCUT2D eigenvalue weighted by molar-refractivity contribution is 6.15. The molecule has 25 heavy (non-hydrogen) atoms. The summed E-state index contributed by atoms with van der Waals surface area (Å²) in [6, 6.07) is 14.3. The van der Waals surface area contributed by atoms with Gasteiger partial charge in [-0.1, -0.05) is 48.0 Å². The number of aryl methyl sites for hydroxylation is 1. The number of aliphatic hydroxyl groups is 1. The van der Waals surface area contributed by atoms with Gasteiger partial charge in [-0.05, 0) is 38.7 Å². The molecule has 2 aromatic carbocycles. The summed E-state index contributed by atoms with van der Waals surface area (Å²) in [6.07, 6.45) is 2.68. The van der Waals surface area contributed by atoms with Crippen LogP contribution in [0.5, 0.6) is 0 Å². The lowest BCUT2D eigenvalue weighted by Gasteiger charge is -2.26. The molecule has 1 fully saturated rings. The number of aliphatic hydroxyl groups excluding tert-OH is 1. The summed E-state index contributed by atoms with van der Waals surface area (Å²) in [4.78, 5) is 25.5. The molecule has 1 amide bonds. The lowest BCUT2D eigenvalue weighted by atomic mass is 9.92. The number of hydrogen-bond acceptors (Lipinski definition) is 3. The molecule has 1 aliphatic carbocycles. The van der Waals surface area contributed by atoms with E-state index in [1.54, 1.807) is 36.4 Å². The largest absolute Gasteiger partial charge is 0.393 e. The van der Waals surface area contributed by atoms with Crippen LogP contribution in [0.15, 0.2) is 48.5 Å². The number of benzene rings is 2. The van der Waals surface area contributed by atoms with E-state index in [1.165, 1.54) is 0 Å². The number of carbonyl (C=O) groups is 2. The van der Waals surface area contributed by atoms with Gasteiger partial charge in [0.15, 0.2) is 5.78 Å². The van der Waals surface area contributed by atoms with E-state index in [4.69, 9.17) is 0 Å². The molecule has 1 aliphatic rings. The highest BCUT2D eigenvalue weighted by atomic mass is 16.3. The van der Waals surface area contributed by atoms with E-state index < -0.39 is 0 Å². The predicted molar refractivity (Wildman–Crippen MR) is 96.8 cm³/mol. The molecular formula is C21H23NO3. The minimum atomic E-state index is -0.261. The average Bonchev–Trinajstić information content (AvgIpc) is 2.63. The second-order valence-corrected chi connectivity index (χ2v) is 6.72. The van der Waals surface area contributed by atoms with Gasteiger partial charge in [0.2, 0.25) is 0 Å². The van der Waals surface area contributed by atoms with E-state index in [9.17, 15) is 14.7 Å². The Morgan fingerprint density at radius 2 is 1.52 bits per heavy atom. The molecule has 0 aliphatic heterocycles. The van der Waals surface area contributed by atoms with E-state index in [2.05, 4.69) is 5.32 Å². The third-order valence-electron chi connectivity index (χ3n) is 4.76. The summed E-state index contributed by atoms with van der Waals surface area (Å²) in [7, 11) is 0. The minimum Gasteiger partial charge on any atom is -0.393 e. The zero-order valence-corrected chi connectivity index (χ0v) is 14.4. The standard InChI is InChI=1S/C21H23NO3/c1-14-6-8-15(9-7-14)20(24)18-4-2-3-5-19(18)21(25)22-16-10-12-17(23)13-11-16/h2-9,16-17,23H,10-13H2,1H3,(H,22,25). The summed E-state index contributed by atoms with van der Waals surface area (Å²) in [5.74, 6) is -0.373. The van der Waals surface area contributed by atoms with Crippen LogP contribution >= 0.6 is 0 Å². The van der Waals surface area contributed by atoms with Crippen LogP contribution in [0.1, 0.15) is 57.5 Å². The summed E-state index contributed by atoms with van der Waals surface area (Å²) >= 11 is 0. The Labute approximate surface area is 147 Å². The van der Waals surface area contributed by atoms with Crippen LogP contribution in [0.3, 0.4) is 0 Å². The van der Waals surface area contributed by atoms with Crippen molar-refractivity contribution in [2.24, 2.45) is 0 Å². The zero-order chi connectivity index (χ0) is 17.8. The summed E-state index contributed by atoms with van der Waals surface area (Å²) in [6.45, 7) is 1.97. The second-order valence-electron chi connectivity index (χ2n) is 6.72. The third-order valence-corrected chi connectivity index (χ3v) is 4.76. The molecule has 0 atom stereocenters. The van der Waals surface area contributed by atoms with Crippen LogP contribution in [0.25, 0.3) is 0 Å². The normalized spacial score (nSPS) is 20.1. The van der Waals surface area contributed by atoms with Gasteiger partial charge in [0, 0.05) is 17.2 Å². The van der Waals surface area contributed by atoms with Gasteiger partial charge in [-0.2, -0.15) is 0 Å². The minimum absolute atomic E-state index is 0.0541. The Kier molecular flexibility index (Phi) is 5.29. The highest BCUT2D eigenvalue weighted by Crippen LogP contribution is 2.20. The molecule has 0 radical (unpaired) electrons. The molecule has 130 valence electrons. The number of rotatable bonds is 4. The number of carbonyl (C=O) groups excluding carboxylic acids is 2. The molecule has 4 nitrogen and oxygen atoms in total. The predicted octanol–water partition coefficient (Wildman–Crippen LogP) is 3.26. The van der Waals surface area contributed by atoms with Crippen LogP contribution in [-0.4, -0.2) is 28.9 Å². The van der Waals surface area contributed by atoms with Crippen molar-refractivity contribution in [1.82, 2.24) is 5.32 Å². The molecule has 2 aromatic rings. The quantitative estimate of drug-likeness (QED) is 0.842. The molecule has 3 rings (SSSR count). The molecule has 0 aromatic heterocycles. The summed E-state index contributed by atoms with van der Waals surface area (Å²) in [5.41, 5.74) is 2.48. The van der Waals surface area contributed by atoms with E-state index in [0.717, 1.165) is 18.4 Å². The van der Waals surface area contributed by atoms with Gasteiger partial charge >= 0.3 is 0 Å². The van der Waals surface area contributed by atoms with E-state index >= 15 is 0 Å². The SMILES string of the molecule is Cc1ccc(C(=O)c2ccccc2C(=O)NC2CCC(O)CC2)cc1. The van der Waals surface area contributed by atoms with Crippen molar-refractivity contribution in [3.8, 4) is 0 Å². The number of ketones is 1. The fraction of sp³-hybridized carbons (Fsp3) is 0.333. The molecular weight excluding hydrogens is 314 g/mol. The van der Waals surface area contributed by atoms with Crippen molar-refractivity contribution in [1.29, 1.82) is 0 Å². The maximum absolute atomic E-state index is 12.8. The fourth-order valence-electron chi connectivity index (χ4n) is 3.22. The van der Waals surface area contributed by atoms with Crippen molar-refractivity contribution >= 4 is 11.7 Å². The van der Waals surface area contributed by atoms with Crippen LogP contribution in [0, 0.1) is 6.92 Å². The van der Waals surface area contributed by atoms with Gasteiger partial charge < -0.3 is 10.4 Å². The van der Waals surface area contributed by atoms with Crippen LogP contribution in [0.2, 0.25) is 0 Å². The Balaban J connectivity index is 1.79. The first-order chi connectivity index (χ1) is 12.0. The number of hydrogen-bond donors (Lipinski definition) is 2. The first kappa shape index (κ1) is 17.4. The maximum Gasteiger partial charge on any atom is 0.252 e. The average molecular weight is 337 g/mol.